The molecule has 2 aliphatic rings. The summed E-state index contributed by atoms with van der Waals surface area (Å²) in [7, 11) is 2.99. The first kappa shape index (κ1) is 40.1. The van der Waals surface area contributed by atoms with Crippen LogP contribution in [0.2, 0.25) is 0 Å². The van der Waals surface area contributed by atoms with E-state index < -0.39 is 18.2 Å². The summed E-state index contributed by atoms with van der Waals surface area (Å²) < 4.78 is 10.3. The third kappa shape index (κ3) is 7.46. The summed E-state index contributed by atoms with van der Waals surface area (Å²) in [4.78, 5) is 60.9. The summed E-state index contributed by atoms with van der Waals surface area (Å²) >= 11 is 0. The molecule has 2 fully saturated rings. The first-order valence-electron chi connectivity index (χ1n) is 21.1. The predicted octanol–water partition coefficient (Wildman–Crippen LogP) is 7.94. The number of hydrogen-bond donors (Lipinski definition) is 4. The Labute approximate surface area is 354 Å². The van der Waals surface area contributed by atoms with Crippen LogP contribution in [0, 0.1) is 17.8 Å². The quantitative estimate of drug-likeness (QED) is 0.108. The number of methoxy groups -OCH3 is 2. The normalized spacial score (nSPS) is 20.3. The monoisotopic (exact) mass is 820 g/mol. The van der Waals surface area contributed by atoms with Gasteiger partial charge in [-0.3, -0.25) is 9.59 Å². The number of carbonyl (C=O) groups is 3. The average molecular weight is 821 g/mol. The molecule has 2 aliphatic heterocycles. The number of fused-ring (bicyclic) bond motifs is 6. The van der Waals surface area contributed by atoms with Gasteiger partial charge in [-0.25, -0.2) is 14.8 Å². The number of imidazole rings is 2. The van der Waals surface area contributed by atoms with E-state index in [1.54, 1.807) is 7.11 Å². The number of hydrogen-bond acceptors (Lipinski definition) is 8. The second-order valence-corrected chi connectivity index (χ2v) is 17.2. The van der Waals surface area contributed by atoms with Crippen LogP contribution in [0.15, 0.2) is 91.0 Å². The van der Waals surface area contributed by atoms with Crippen molar-refractivity contribution in [3.63, 3.8) is 0 Å². The smallest absolute Gasteiger partial charge is 0.407 e. The van der Waals surface area contributed by atoms with Crippen molar-refractivity contribution in [1.82, 2.24) is 35.1 Å². The number of nitrogens with zero attached hydrogens (tertiary/aromatic N) is 4. The van der Waals surface area contributed by atoms with Gasteiger partial charge in [-0.15, -0.1) is 0 Å². The topological polar surface area (TPSA) is 172 Å². The molecule has 6 atom stereocenters. The summed E-state index contributed by atoms with van der Waals surface area (Å²) in [6.07, 6.45) is 0.869. The second kappa shape index (κ2) is 16.3. The molecule has 3 amide bonds. The molecule has 61 heavy (non-hydrogen) atoms. The van der Waals surface area contributed by atoms with E-state index in [2.05, 4.69) is 70.7 Å². The van der Waals surface area contributed by atoms with Crippen molar-refractivity contribution in [3.05, 3.63) is 108 Å². The number of likely N-dealkylation sites (tertiary alicyclic amines) is 2. The fourth-order valence-corrected chi connectivity index (χ4v) is 9.52. The molecule has 0 bridgehead atoms. The van der Waals surface area contributed by atoms with Gasteiger partial charge in [-0.2, -0.15) is 0 Å². The van der Waals surface area contributed by atoms with Crippen LogP contribution in [0.5, 0.6) is 0 Å². The van der Waals surface area contributed by atoms with Gasteiger partial charge < -0.3 is 40.3 Å². The van der Waals surface area contributed by atoms with E-state index in [-0.39, 0.29) is 41.7 Å². The summed E-state index contributed by atoms with van der Waals surface area (Å²) in [6.45, 7) is 7.64. The Morgan fingerprint density at radius 3 is 1.90 bits per heavy atom. The maximum absolute atomic E-state index is 13.9. The number of benzene rings is 5. The van der Waals surface area contributed by atoms with Crippen molar-refractivity contribution in [2.24, 2.45) is 23.5 Å². The number of aromatic amines is 2. The number of carbonyl (C=O) groups excluding carboxylic acids is 3. The maximum Gasteiger partial charge on any atom is 0.407 e. The van der Waals surface area contributed by atoms with Gasteiger partial charge in [0, 0.05) is 36.9 Å². The molecular weight excluding hydrogens is 769 g/mol. The largest absolute Gasteiger partial charge is 0.453 e. The molecule has 9 rings (SSSR count). The molecule has 0 radical (unpaired) electrons. The van der Waals surface area contributed by atoms with Gasteiger partial charge >= 0.3 is 6.09 Å². The zero-order valence-electron chi connectivity index (χ0n) is 35.1. The molecule has 7 aromatic rings. The SMILES string of the molecule is COC[C@H]1C[C@@H](c2nc3ccc4cc(-c5ccc6c(ccc7nc([C@@H]8C[C@H](C)CN8C(=O)C(NC(=O)OC)C(C)C)[nH]c76)c5)ccc4c3[nH]2)N(C(=O)[C@H](N)c2ccccc2)C1. The second-order valence-electron chi connectivity index (χ2n) is 17.2. The van der Waals surface area contributed by atoms with Gasteiger partial charge in [0.05, 0.1) is 47.9 Å². The number of alkyl carbamates (subject to hydrolysis) is 1. The van der Waals surface area contributed by atoms with Crippen molar-refractivity contribution in [2.75, 3.05) is 33.9 Å². The van der Waals surface area contributed by atoms with Crippen LogP contribution >= 0.6 is 0 Å². The molecule has 0 spiro atoms. The number of amides is 3. The van der Waals surface area contributed by atoms with Crippen molar-refractivity contribution in [2.45, 2.75) is 57.8 Å². The summed E-state index contributed by atoms with van der Waals surface area (Å²) in [5, 5.41) is 6.97. The van der Waals surface area contributed by atoms with Crippen molar-refractivity contribution >= 4 is 61.5 Å². The Kier molecular flexibility index (Phi) is 10.7. The zero-order valence-corrected chi connectivity index (χ0v) is 35.1. The average Bonchev–Trinajstić information content (AvgIpc) is 4.09. The molecule has 13 heteroatoms. The van der Waals surface area contributed by atoms with E-state index in [0.717, 1.165) is 84.8 Å². The number of ether oxygens (including phenoxy) is 2. The minimum Gasteiger partial charge on any atom is -0.453 e. The Morgan fingerprint density at radius 1 is 0.770 bits per heavy atom. The Bertz CT molecular complexity index is 2780. The predicted molar refractivity (Wildman–Crippen MR) is 236 cm³/mol. The van der Waals surface area contributed by atoms with Crippen LogP contribution < -0.4 is 11.1 Å². The van der Waals surface area contributed by atoms with Gasteiger partial charge in [0.2, 0.25) is 11.8 Å². The van der Waals surface area contributed by atoms with Crippen LogP contribution in [-0.2, 0) is 19.1 Å². The molecule has 13 nitrogen and oxygen atoms in total. The summed E-state index contributed by atoms with van der Waals surface area (Å²) in [6, 6.07) is 28.7. The first-order valence-corrected chi connectivity index (χ1v) is 21.1. The van der Waals surface area contributed by atoms with Crippen molar-refractivity contribution < 1.29 is 23.9 Å². The van der Waals surface area contributed by atoms with Gasteiger partial charge in [-0.1, -0.05) is 87.5 Å². The van der Waals surface area contributed by atoms with E-state index in [4.69, 9.17) is 25.2 Å². The lowest BCUT2D eigenvalue weighted by molar-refractivity contribution is -0.135. The number of aromatic nitrogens is 4. The lowest BCUT2D eigenvalue weighted by atomic mass is 9.98. The van der Waals surface area contributed by atoms with Gasteiger partial charge in [0.1, 0.15) is 23.7 Å². The minimum absolute atomic E-state index is 0.120. The fraction of sp³-hybridized carbons (Fsp3) is 0.354. The number of nitrogens with two attached hydrogens (primary N) is 1. The zero-order chi connectivity index (χ0) is 42.5. The Morgan fingerprint density at radius 2 is 1.34 bits per heavy atom. The molecule has 4 heterocycles. The highest BCUT2D eigenvalue weighted by atomic mass is 16.5. The third-order valence-corrected chi connectivity index (χ3v) is 12.6. The van der Waals surface area contributed by atoms with E-state index in [1.165, 1.54) is 7.11 Å². The molecule has 5 aromatic carbocycles. The van der Waals surface area contributed by atoms with Gasteiger partial charge in [-0.05, 0) is 76.4 Å². The van der Waals surface area contributed by atoms with Crippen LogP contribution in [0.4, 0.5) is 4.79 Å². The third-order valence-electron chi connectivity index (χ3n) is 12.6. The number of H-pyrrole nitrogens is 2. The van der Waals surface area contributed by atoms with E-state index in [9.17, 15) is 14.4 Å². The van der Waals surface area contributed by atoms with Crippen LogP contribution in [0.1, 0.15) is 69.0 Å². The lowest BCUT2D eigenvalue weighted by Gasteiger charge is -2.30. The van der Waals surface area contributed by atoms with E-state index in [0.29, 0.717) is 19.7 Å². The molecule has 1 unspecified atom stereocenters. The highest BCUT2D eigenvalue weighted by Crippen LogP contribution is 2.40. The first-order chi connectivity index (χ1) is 29.5. The standard InChI is InChI=1S/C48H52N8O5/c1-26(2)41(54-48(59)61-5)47(58)55-23-27(3)19-38(55)44-50-36-17-13-32-21-30(11-15-34(32)42(36)52-44)31-12-16-35-33(22-31)14-18-37-43(35)53-45(51-37)39-20-28(25-60-4)24-56(39)46(57)40(49)29-9-7-6-8-10-29/h6-18,21-22,26-28,38-41H,19-20,23-25,49H2,1-5H3,(H,50,52)(H,51,53)(H,54,59)/t27-,28-,38-,39-,40+,41?/m0/s1. The Hall–Kier alpha value is -6.31. The molecule has 314 valence electrons. The molecule has 0 aliphatic carbocycles. The summed E-state index contributed by atoms with van der Waals surface area (Å²) in [5.74, 6) is 1.55. The van der Waals surface area contributed by atoms with Crippen molar-refractivity contribution in [1.29, 1.82) is 0 Å². The molecule has 5 N–H and O–H groups in total. The Balaban J connectivity index is 0.989. The minimum atomic E-state index is -0.766. The van der Waals surface area contributed by atoms with E-state index >= 15 is 0 Å². The van der Waals surface area contributed by atoms with Crippen LogP contribution in [-0.4, -0.2) is 87.6 Å². The highest BCUT2D eigenvalue weighted by molar-refractivity contribution is 6.07. The molecule has 0 saturated carbocycles. The molecule has 2 saturated heterocycles. The van der Waals surface area contributed by atoms with Gasteiger partial charge in [0.15, 0.2) is 0 Å². The summed E-state index contributed by atoms with van der Waals surface area (Å²) in [5.41, 5.74) is 13.0. The molecular formula is C48H52N8O5. The van der Waals surface area contributed by atoms with Gasteiger partial charge in [0.25, 0.3) is 0 Å². The van der Waals surface area contributed by atoms with Crippen LogP contribution in [0.3, 0.4) is 0 Å². The lowest BCUT2D eigenvalue weighted by Crippen LogP contribution is -2.51. The van der Waals surface area contributed by atoms with Crippen molar-refractivity contribution in [3.8, 4) is 11.1 Å². The molecule has 2 aromatic heterocycles. The maximum atomic E-state index is 13.9. The highest BCUT2D eigenvalue weighted by Gasteiger charge is 2.41. The number of rotatable bonds is 10. The fourth-order valence-electron chi connectivity index (χ4n) is 9.52. The number of nitrogens with one attached hydrogen (secondary N) is 3. The van der Waals surface area contributed by atoms with Crippen LogP contribution in [0.25, 0.3) is 54.7 Å². The van der Waals surface area contributed by atoms with E-state index in [1.807, 2.05) is 66.1 Å².